The molecule has 0 aliphatic rings. The third-order valence-electron chi connectivity index (χ3n) is 8.94. The van der Waals surface area contributed by atoms with E-state index in [4.69, 9.17) is 9.47 Å². The third kappa shape index (κ3) is 21.3. The van der Waals surface area contributed by atoms with E-state index in [1.807, 2.05) is 89.2 Å². The molecule has 14 nitrogen and oxygen atoms in total. The Morgan fingerprint density at radius 3 is 2.04 bits per heavy atom. The molecule has 0 bridgehead atoms. The number of methoxy groups -OCH3 is 1. The molecule has 0 fully saturated rings. The number of carbonyl (C=O) groups is 6. The van der Waals surface area contributed by atoms with Crippen molar-refractivity contribution >= 4 is 35.3 Å². The predicted molar refractivity (Wildman–Crippen MR) is 223 cm³/mol. The molecule has 5 amide bonds. The first kappa shape index (κ1) is 50.2. The summed E-state index contributed by atoms with van der Waals surface area (Å²) in [5, 5.41) is 13.9. The molecule has 2 aromatic rings. The molecule has 318 valence electrons. The number of likely N-dealkylation sites (N-methyl/N-ethyl adjacent to an activating group) is 2. The highest BCUT2D eigenvalue weighted by Gasteiger charge is 2.25. The Morgan fingerprint density at radius 1 is 0.789 bits per heavy atom. The van der Waals surface area contributed by atoms with Gasteiger partial charge in [-0.25, -0.2) is 0 Å². The van der Waals surface area contributed by atoms with Crippen molar-refractivity contribution in [3.05, 3.63) is 65.7 Å². The zero-order valence-electron chi connectivity index (χ0n) is 35.6. The average Bonchev–Trinajstić information content (AvgIpc) is 3.20. The molecular weight excluding hydrogens is 729 g/mol. The number of hydrogen-bond acceptors (Lipinski definition) is 9. The van der Waals surface area contributed by atoms with Gasteiger partial charge in [0.2, 0.25) is 29.5 Å². The molecule has 0 aromatic heterocycles. The smallest absolute Gasteiger partial charge is 0.243 e. The van der Waals surface area contributed by atoms with Gasteiger partial charge in [0.25, 0.3) is 0 Å². The van der Waals surface area contributed by atoms with Crippen LogP contribution >= 0.6 is 0 Å². The van der Waals surface area contributed by atoms with Crippen molar-refractivity contribution in [3.63, 3.8) is 0 Å². The van der Waals surface area contributed by atoms with Gasteiger partial charge >= 0.3 is 0 Å². The lowest BCUT2D eigenvalue weighted by atomic mass is 10.0. The fourth-order valence-corrected chi connectivity index (χ4v) is 5.41. The number of hydrogen-bond donors (Lipinski definition) is 5. The lowest BCUT2D eigenvalue weighted by Crippen LogP contribution is -2.53. The lowest BCUT2D eigenvalue weighted by Gasteiger charge is -2.27. The first-order valence-electron chi connectivity index (χ1n) is 20.1. The molecule has 5 N–H and O–H groups in total. The Bertz CT molecular complexity index is 1520. The monoisotopic (exact) mass is 797 g/mol. The van der Waals surface area contributed by atoms with Crippen molar-refractivity contribution in [3.8, 4) is 5.75 Å². The van der Waals surface area contributed by atoms with E-state index in [1.165, 1.54) is 4.90 Å². The van der Waals surface area contributed by atoms with Crippen LogP contribution in [0.3, 0.4) is 0 Å². The number of amides is 5. The van der Waals surface area contributed by atoms with Crippen molar-refractivity contribution in [2.75, 3.05) is 53.5 Å². The summed E-state index contributed by atoms with van der Waals surface area (Å²) >= 11 is 0. The summed E-state index contributed by atoms with van der Waals surface area (Å²) < 4.78 is 11.2. The molecule has 0 saturated heterocycles. The number of nitrogens with one attached hydrogen (secondary N) is 5. The minimum atomic E-state index is -0.959. The maximum atomic E-state index is 13.1. The number of ketones is 1. The first-order valence-corrected chi connectivity index (χ1v) is 20.1. The van der Waals surface area contributed by atoms with Crippen molar-refractivity contribution in [2.24, 2.45) is 5.92 Å². The molecule has 0 spiro atoms. The Hall–Kier alpha value is -4.82. The van der Waals surface area contributed by atoms with Gasteiger partial charge in [0.1, 0.15) is 11.8 Å². The van der Waals surface area contributed by atoms with E-state index in [1.54, 1.807) is 28.0 Å². The highest BCUT2D eigenvalue weighted by molar-refractivity contribution is 5.93. The topological polar surface area (TPSA) is 184 Å². The number of aryl methyl sites for hydroxylation is 1. The van der Waals surface area contributed by atoms with E-state index in [2.05, 4.69) is 26.6 Å². The fraction of sp³-hybridized carbons (Fsp3) is 0.581. The van der Waals surface area contributed by atoms with Crippen molar-refractivity contribution in [2.45, 2.75) is 105 Å². The second-order valence-electron chi connectivity index (χ2n) is 14.4. The SMILES string of the molecule is CC.CCNC(CCC(=O)N(C)CCOC(C)(C)CNC(=O)CCCc1ccc(OC)cc1)C(=O)NCC(=O)NC(Cc1ccccc1)C(=O)NCC(=O)C(C)C. The maximum Gasteiger partial charge on any atom is 0.243 e. The van der Waals surface area contributed by atoms with E-state index in [-0.39, 0.29) is 62.5 Å². The van der Waals surface area contributed by atoms with Gasteiger partial charge in [-0.1, -0.05) is 77.1 Å². The largest absolute Gasteiger partial charge is 0.497 e. The van der Waals surface area contributed by atoms with Crippen LogP contribution in [0.2, 0.25) is 0 Å². The highest BCUT2D eigenvalue weighted by atomic mass is 16.5. The second kappa shape index (κ2) is 27.7. The van der Waals surface area contributed by atoms with Crippen molar-refractivity contribution in [1.29, 1.82) is 0 Å². The van der Waals surface area contributed by atoms with E-state index in [0.29, 0.717) is 26.1 Å². The molecule has 0 aliphatic heterocycles. The van der Waals surface area contributed by atoms with Crippen LogP contribution in [0.5, 0.6) is 5.75 Å². The number of benzene rings is 2. The molecule has 14 heteroatoms. The summed E-state index contributed by atoms with van der Waals surface area (Å²) in [6.45, 7) is 13.9. The van der Waals surface area contributed by atoms with Gasteiger partial charge < -0.3 is 41.0 Å². The van der Waals surface area contributed by atoms with E-state index >= 15 is 0 Å². The predicted octanol–water partition coefficient (Wildman–Crippen LogP) is 3.36. The Kier molecular flexibility index (Phi) is 24.4. The van der Waals surface area contributed by atoms with Gasteiger partial charge in [-0.15, -0.1) is 0 Å². The zero-order valence-corrected chi connectivity index (χ0v) is 35.6. The number of carbonyl (C=O) groups excluding carboxylic acids is 6. The summed E-state index contributed by atoms with van der Waals surface area (Å²) in [5.74, 6) is -1.33. The molecule has 0 saturated carbocycles. The van der Waals surface area contributed by atoms with Crippen LogP contribution in [0, 0.1) is 5.92 Å². The summed E-state index contributed by atoms with van der Waals surface area (Å²) in [6, 6.07) is 15.3. The normalized spacial score (nSPS) is 12.0. The Morgan fingerprint density at radius 2 is 1.42 bits per heavy atom. The minimum Gasteiger partial charge on any atom is -0.497 e. The van der Waals surface area contributed by atoms with Crippen LogP contribution in [-0.4, -0.2) is 111 Å². The summed E-state index contributed by atoms with van der Waals surface area (Å²) in [5.41, 5.74) is 1.31. The van der Waals surface area contributed by atoms with E-state index in [9.17, 15) is 28.8 Å². The molecule has 0 aliphatic carbocycles. The molecule has 0 heterocycles. The molecule has 2 aromatic carbocycles. The molecule has 2 atom stereocenters. The first-order chi connectivity index (χ1) is 27.1. The van der Waals surface area contributed by atoms with Gasteiger partial charge in [-0.2, -0.15) is 0 Å². The maximum absolute atomic E-state index is 13.1. The molecule has 0 radical (unpaired) electrons. The Balaban J connectivity index is 0.00000799. The summed E-state index contributed by atoms with van der Waals surface area (Å²) in [6.07, 6.45) is 2.38. The van der Waals surface area contributed by atoms with Crippen LogP contribution in [0.4, 0.5) is 0 Å². The number of nitrogens with zero attached hydrogens (tertiary/aromatic N) is 1. The van der Waals surface area contributed by atoms with Gasteiger partial charge in [0, 0.05) is 45.3 Å². The van der Waals surface area contributed by atoms with Crippen molar-refractivity contribution in [1.82, 2.24) is 31.5 Å². The van der Waals surface area contributed by atoms with Crippen LogP contribution in [-0.2, 0) is 46.3 Å². The van der Waals surface area contributed by atoms with E-state index < -0.39 is 35.4 Å². The van der Waals surface area contributed by atoms with Gasteiger partial charge in [-0.3, -0.25) is 28.8 Å². The van der Waals surface area contributed by atoms with Gasteiger partial charge in [0.15, 0.2) is 5.78 Å². The quantitative estimate of drug-likeness (QED) is 0.0953. The van der Waals surface area contributed by atoms with Crippen LogP contribution in [0.15, 0.2) is 54.6 Å². The number of ether oxygens (including phenoxy) is 2. The molecule has 2 unspecified atom stereocenters. The fourth-order valence-electron chi connectivity index (χ4n) is 5.41. The summed E-state index contributed by atoms with van der Waals surface area (Å²) in [4.78, 5) is 77.9. The van der Waals surface area contributed by atoms with Crippen LogP contribution in [0.1, 0.15) is 85.3 Å². The number of Topliss-reactive ketones (excluding diaryl/α,β-unsaturated/α-hetero) is 1. The molecule has 2 rings (SSSR count). The van der Waals surface area contributed by atoms with Crippen LogP contribution in [0.25, 0.3) is 0 Å². The molecular formula is C43H68N6O8. The van der Waals surface area contributed by atoms with E-state index in [0.717, 1.165) is 29.7 Å². The highest BCUT2D eigenvalue weighted by Crippen LogP contribution is 2.14. The Labute approximate surface area is 340 Å². The van der Waals surface area contributed by atoms with Crippen molar-refractivity contribution < 1.29 is 38.2 Å². The van der Waals surface area contributed by atoms with Gasteiger partial charge in [-0.05, 0) is 62.9 Å². The molecule has 57 heavy (non-hydrogen) atoms. The number of rotatable bonds is 26. The third-order valence-corrected chi connectivity index (χ3v) is 8.94. The second-order valence-corrected chi connectivity index (χ2v) is 14.4. The zero-order chi connectivity index (χ0) is 42.8. The van der Waals surface area contributed by atoms with Crippen LogP contribution < -0.4 is 31.3 Å². The van der Waals surface area contributed by atoms with Gasteiger partial charge in [0.05, 0.1) is 38.4 Å². The lowest BCUT2D eigenvalue weighted by molar-refractivity contribution is -0.132. The average molecular weight is 797 g/mol. The summed E-state index contributed by atoms with van der Waals surface area (Å²) in [7, 11) is 3.29. The minimum absolute atomic E-state index is 0.0525. The standard InChI is InChI=1S/C41H62N6O8.C2H6/c1-8-42-33(39(52)44-27-37(50)46-34(25-31-13-10-9-11-14-31)40(53)43-26-35(48)29(2)3)21-22-38(51)47(6)23-24-55-41(4,5)28-45-36(49)16-12-15-30-17-19-32(54-7)20-18-30;1-2/h9-11,13-14,17-20,29,33-34,42H,8,12,15-16,21-28H2,1-7H3,(H,43,53)(H,44,52)(H,45,49)(H,46,50);1-2H3.